The van der Waals surface area contributed by atoms with Crippen molar-refractivity contribution in [3.8, 4) is 0 Å². The van der Waals surface area contributed by atoms with E-state index < -0.39 is 0 Å². The second kappa shape index (κ2) is 5.24. The van der Waals surface area contributed by atoms with Gasteiger partial charge in [-0.05, 0) is 35.3 Å². The van der Waals surface area contributed by atoms with Crippen LogP contribution in [0, 0.1) is 0 Å². The molecular formula is C16H16ClNO. The van der Waals surface area contributed by atoms with E-state index in [0.717, 1.165) is 23.6 Å². The van der Waals surface area contributed by atoms with Gasteiger partial charge in [-0.15, -0.1) is 0 Å². The van der Waals surface area contributed by atoms with E-state index in [1.807, 2.05) is 12.1 Å². The van der Waals surface area contributed by atoms with Gasteiger partial charge in [0.2, 0.25) is 0 Å². The van der Waals surface area contributed by atoms with Crippen LogP contribution in [0.3, 0.4) is 0 Å². The third-order valence-electron chi connectivity index (χ3n) is 3.67. The minimum atomic E-state index is 0.104. The fourth-order valence-electron chi connectivity index (χ4n) is 2.71. The zero-order valence-corrected chi connectivity index (χ0v) is 11.3. The highest BCUT2D eigenvalue weighted by Gasteiger charge is 2.29. The van der Waals surface area contributed by atoms with Gasteiger partial charge in [0.15, 0.2) is 0 Å². The Hall–Kier alpha value is -1.51. The lowest BCUT2D eigenvalue weighted by Crippen LogP contribution is -2.28. The second-order valence-electron chi connectivity index (χ2n) is 4.91. The molecule has 0 aromatic heterocycles. The number of allylic oxidation sites excluding steroid dienone is 2. The van der Waals surface area contributed by atoms with Crippen molar-refractivity contribution >= 4 is 11.6 Å². The van der Waals surface area contributed by atoms with Crippen molar-refractivity contribution in [2.24, 2.45) is 0 Å². The number of hydrogen-bond acceptors (Lipinski definition) is 2. The van der Waals surface area contributed by atoms with Gasteiger partial charge in [-0.25, -0.2) is 0 Å². The molecule has 98 valence electrons. The standard InChI is InChI=1S/C16H16ClNO/c17-14-7-5-12(6-8-14)9-18-10-13(11-19)15-3-1-2-4-16(15)18/h1-3,5-8,10,16,19H,4,9,11H2. The Bertz CT molecular complexity index is 557. The lowest BCUT2D eigenvalue weighted by Gasteiger charge is -2.27. The predicted octanol–water partition coefficient (Wildman–Crippen LogP) is 3.29. The Morgan fingerprint density at radius 2 is 2.05 bits per heavy atom. The van der Waals surface area contributed by atoms with Crippen molar-refractivity contribution < 1.29 is 5.11 Å². The van der Waals surface area contributed by atoms with E-state index in [2.05, 4.69) is 41.5 Å². The molecule has 1 N–H and O–H groups in total. The molecule has 19 heavy (non-hydrogen) atoms. The number of fused-ring (bicyclic) bond motifs is 1. The molecule has 2 aliphatic rings. The number of benzene rings is 1. The smallest absolute Gasteiger partial charge is 0.0699 e. The van der Waals surface area contributed by atoms with Crippen LogP contribution in [0.2, 0.25) is 5.02 Å². The first kappa shape index (κ1) is 12.5. The van der Waals surface area contributed by atoms with E-state index in [-0.39, 0.29) is 6.61 Å². The van der Waals surface area contributed by atoms with E-state index in [1.54, 1.807) is 0 Å². The van der Waals surface area contributed by atoms with Crippen molar-refractivity contribution in [2.75, 3.05) is 6.61 Å². The predicted molar refractivity (Wildman–Crippen MR) is 77.8 cm³/mol. The molecule has 3 heteroatoms. The van der Waals surface area contributed by atoms with Crippen LogP contribution in [0.25, 0.3) is 0 Å². The number of nitrogens with zero attached hydrogens (tertiary/aromatic N) is 1. The molecule has 1 atom stereocenters. The number of aliphatic hydroxyl groups is 1. The number of hydrogen-bond donors (Lipinski definition) is 1. The molecule has 1 aliphatic heterocycles. The maximum absolute atomic E-state index is 9.45. The molecule has 0 saturated carbocycles. The summed E-state index contributed by atoms with van der Waals surface area (Å²) in [6.07, 6.45) is 9.44. The van der Waals surface area contributed by atoms with Crippen molar-refractivity contribution in [3.63, 3.8) is 0 Å². The molecule has 0 fully saturated rings. The summed E-state index contributed by atoms with van der Waals surface area (Å²) >= 11 is 5.91. The van der Waals surface area contributed by atoms with Crippen LogP contribution in [0.4, 0.5) is 0 Å². The molecule has 1 aromatic carbocycles. The van der Waals surface area contributed by atoms with Crippen LogP contribution in [-0.4, -0.2) is 22.7 Å². The largest absolute Gasteiger partial charge is 0.392 e. The molecule has 0 radical (unpaired) electrons. The molecule has 1 aliphatic carbocycles. The molecule has 3 rings (SSSR count). The zero-order valence-electron chi connectivity index (χ0n) is 10.6. The van der Waals surface area contributed by atoms with E-state index in [4.69, 9.17) is 11.6 Å². The fourth-order valence-corrected chi connectivity index (χ4v) is 2.83. The van der Waals surface area contributed by atoms with Crippen molar-refractivity contribution in [3.05, 3.63) is 70.4 Å². The van der Waals surface area contributed by atoms with Gasteiger partial charge >= 0.3 is 0 Å². The van der Waals surface area contributed by atoms with Gasteiger partial charge < -0.3 is 10.0 Å². The Labute approximate surface area is 118 Å². The average molecular weight is 274 g/mol. The average Bonchev–Trinajstić information content (AvgIpc) is 2.80. The molecular weight excluding hydrogens is 258 g/mol. The van der Waals surface area contributed by atoms with Crippen LogP contribution < -0.4 is 0 Å². The van der Waals surface area contributed by atoms with E-state index in [1.165, 1.54) is 11.1 Å². The highest BCUT2D eigenvalue weighted by molar-refractivity contribution is 6.30. The molecule has 1 heterocycles. The third kappa shape index (κ3) is 2.46. The summed E-state index contributed by atoms with van der Waals surface area (Å²) in [5.41, 5.74) is 3.51. The van der Waals surface area contributed by atoms with Gasteiger partial charge in [0.1, 0.15) is 0 Å². The van der Waals surface area contributed by atoms with Crippen LogP contribution in [0.15, 0.2) is 59.8 Å². The maximum Gasteiger partial charge on any atom is 0.0699 e. The summed E-state index contributed by atoms with van der Waals surface area (Å²) in [6.45, 7) is 0.948. The quantitative estimate of drug-likeness (QED) is 0.914. The van der Waals surface area contributed by atoms with Crippen molar-refractivity contribution in [2.45, 2.75) is 19.0 Å². The van der Waals surface area contributed by atoms with Gasteiger partial charge in [0.05, 0.1) is 12.6 Å². The number of halogens is 1. The Morgan fingerprint density at radius 1 is 1.26 bits per heavy atom. The number of aliphatic hydroxyl groups excluding tert-OH is 1. The first-order chi connectivity index (χ1) is 9.28. The minimum Gasteiger partial charge on any atom is -0.392 e. The summed E-state index contributed by atoms with van der Waals surface area (Å²) in [5, 5.41) is 10.2. The minimum absolute atomic E-state index is 0.104. The first-order valence-corrected chi connectivity index (χ1v) is 6.84. The maximum atomic E-state index is 9.45. The molecule has 0 spiro atoms. The molecule has 0 saturated heterocycles. The van der Waals surface area contributed by atoms with E-state index >= 15 is 0 Å². The SMILES string of the molecule is OCC1=CN(Cc2ccc(Cl)cc2)C2CC=CC=C12. The normalized spacial score (nSPS) is 21.2. The van der Waals surface area contributed by atoms with Gasteiger partial charge in [-0.3, -0.25) is 0 Å². The van der Waals surface area contributed by atoms with Gasteiger partial charge in [0.25, 0.3) is 0 Å². The van der Waals surface area contributed by atoms with E-state index in [9.17, 15) is 5.11 Å². The zero-order chi connectivity index (χ0) is 13.2. The Morgan fingerprint density at radius 3 is 2.79 bits per heavy atom. The van der Waals surface area contributed by atoms with Crippen molar-refractivity contribution in [1.82, 2.24) is 4.90 Å². The fraction of sp³-hybridized carbons (Fsp3) is 0.250. The second-order valence-corrected chi connectivity index (χ2v) is 5.35. The highest BCUT2D eigenvalue weighted by Crippen LogP contribution is 2.33. The molecule has 1 aromatic rings. The van der Waals surface area contributed by atoms with E-state index in [0.29, 0.717) is 6.04 Å². The Balaban J connectivity index is 1.82. The Kier molecular flexibility index (Phi) is 3.45. The monoisotopic (exact) mass is 273 g/mol. The topological polar surface area (TPSA) is 23.5 Å². The van der Waals surface area contributed by atoms with Crippen LogP contribution >= 0.6 is 11.6 Å². The van der Waals surface area contributed by atoms with Crippen LogP contribution in [-0.2, 0) is 6.54 Å². The van der Waals surface area contributed by atoms with Crippen LogP contribution in [0.5, 0.6) is 0 Å². The first-order valence-electron chi connectivity index (χ1n) is 6.47. The molecule has 1 unspecified atom stereocenters. The lowest BCUT2D eigenvalue weighted by molar-refractivity contribution is 0.320. The van der Waals surface area contributed by atoms with Gasteiger partial charge in [-0.2, -0.15) is 0 Å². The summed E-state index contributed by atoms with van der Waals surface area (Å²) < 4.78 is 0. The highest BCUT2D eigenvalue weighted by atomic mass is 35.5. The summed E-state index contributed by atoms with van der Waals surface area (Å²) in [5.74, 6) is 0. The molecule has 2 nitrogen and oxygen atoms in total. The summed E-state index contributed by atoms with van der Waals surface area (Å²) in [6, 6.07) is 8.30. The molecule has 0 bridgehead atoms. The van der Waals surface area contributed by atoms with Crippen LogP contribution in [0.1, 0.15) is 12.0 Å². The third-order valence-corrected chi connectivity index (χ3v) is 3.92. The molecule has 0 amide bonds. The van der Waals surface area contributed by atoms with Gasteiger partial charge in [0, 0.05) is 17.8 Å². The summed E-state index contributed by atoms with van der Waals surface area (Å²) in [4.78, 5) is 2.30. The van der Waals surface area contributed by atoms with Crippen molar-refractivity contribution in [1.29, 1.82) is 0 Å². The number of rotatable bonds is 3. The summed E-state index contributed by atoms with van der Waals surface area (Å²) in [7, 11) is 0. The van der Waals surface area contributed by atoms with Gasteiger partial charge in [-0.1, -0.05) is 42.0 Å². The lowest BCUT2D eigenvalue weighted by atomic mass is 9.96.